The lowest BCUT2D eigenvalue weighted by atomic mass is 10.4. The second kappa shape index (κ2) is 7.31. The molecule has 0 aliphatic carbocycles. The molecule has 0 unspecified atom stereocenters. The van der Waals surface area contributed by atoms with Crippen molar-refractivity contribution in [1.29, 1.82) is 0 Å². The highest BCUT2D eigenvalue weighted by Gasteiger charge is 2.38. The van der Waals surface area contributed by atoms with E-state index in [1.165, 1.54) is 11.3 Å². The number of hydrogen-bond donors (Lipinski definition) is 0. The Hall–Kier alpha value is -3.41. The van der Waals surface area contributed by atoms with E-state index < -0.39 is 12.1 Å². The van der Waals surface area contributed by atoms with Crippen molar-refractivity contribution in [3.05, 3.63) is 60.0 Å². The molecular weight excluding hydrogens is 395 g/mol. The molecule has 28 heavy (non-hydrogen) atoms. The van der Waals surface area contributed by atoms with E-state index in [-0.39, 0.29) is 5.82 Å². The van der Waals surface area contributed by atoms with Gasteiger partial charge in [0.15, 0.2) is 5.82 Å². The molecule has 4 aromatic heterocycles. The van der Waals surface area contributed by atoms with E-state index in [1.54, 1.807) is 54.1 Å². The van der Waals surface area contributed by atoms with Crippen LogP contribution >= 0.6 is 11.3 Å². The van der Waals surface area contributed by atoms with Crippen LogP contribution in [-0.4, -0.2) is 30.1 Å². The molecule has 8 nitrogen and oxygen atoms in total. The van der Waals surface area contributed by atoms with Crippen molar-refractivity contribution in [2.75, 3.05) is 4.90 Å². The van der Waals surface area contributed by atoms with Crippen molar-refractivity contribution in [2.24, 2.45) is 0 Å². The fraction of sp³-hybridized carbons (Fsp3) is 0.125. The van der Waals surface area contributed by atoms with Gasteiger partial charge in [-0.2, -0.15) is 18.2 Å². The van der Waals surface area contributed by atoms with E-state index >= 15 is 0 Å². The highest BCUT2D eigenvalue weighted by atomic mass is 32.1. The molecule has 0 radical (unpaired) electrons. The van der Waals surface area contributed by atoms with Crippen LogP contribution in [0.4, 0.5) is 24.9 Å². The fourth-order valence-electron chi connectivity index (χ4n) is 2.29. The molecule has 0 spiro atoms. The number of thiophene rings is 1. The standard InChI is InChI=1S/C16H10F3N7OS/c17-16(18,19)14-24-13(25-27-14)11-3-2-10(28-11)9-26(12-8-20-6-7-21-12)15-22-4-1-5-23-15/h1-8H,9H2. The van der Waals surface area contributed by atoms with Gasteiger partial charge < -0.3 is 4.52 Å². The van der Waals surface area contributed by atoms with Gasteiger partial charge in [-0.15, -0.1) is 11.3 Å². The second-order valence-electron chi connectivity index (χ2n) is 5.39. The van der Waals surface area contributed by atoms with E-state index in [0.29, 0.717) is 23.2 Å². The van der Waals surface area contributed by atoms with Crippen molar-refractivity contribution in [1.82, 2.24) is 30.1 Å². The lowest BCUT2D eigenvalue weighted by Crippen LogP contribution is -2.19. The molecule has 4 heterocycles. The maximum atomic E-state index is 12.6. The summed E-state index contributed by atoms with van der Waals surface area (Å²) >= 11 is 1.23. The van der Waals surface area contributed by atoms with Crippen LogP contribution in [0, 0.1) is 0 Å². The number of anilines is 2. The van der Waals surface area contributed by atoms with E-state index in [1.807, 2.05) is 0 Å². The molecule has 0 N–H and O–H groups in total. The average molecular weight is 405 g/mol. The molecule has 4 rings (SSSR count). The summed E-state index contributed by atoms with van der Waals surface area (Å²) in [5.41, 5.74) is 0. The first-order valence-corrected chi connectivity index (χ1v) is 8.63. The number of nitrogens with zero attached hydrogens (tertiary/aromatic N) is 7. The van der Waals surface area contributed by atoms with Gasteiger partial charge in [0.2, 0.25) is 11.8 Å². The molecule has 0 bridgehead atoms. The zero-order valence-electron chi connectivity index (χ0n) is 13.9. The smallest absolute Gasteiger partial charge is 0.329 e. The molecule has 0 aliphatic heterocycles. The van der Waals surface area contributed by atoms with Gasteiger partial charge in [-0.25, -0.2) is 15.0 Å². The Bertz CT molecular complexity index is 1010. The Morgan fingerprint density at radius 3 is 2.54 bits per heavy atom. The number of rotatable bonds is 5. The molecule has 0 saturated carbocycles. The van der Waals surface area contributed by atoms with Crippen LogP contribution in [0.3, 0.4) is 0 Å². The maximum absolute atomic E-state index is 12.6. The second-order valence-corrected chi connectivity index (χ2v) is 6.55. The first kappa shape index (κ1) is 18.0. The zero-order chi connectivity index (χ0) is 19.6. The minimum atomic E-state index is -4.68. The monoisotopic (exact) mass is 405 g/mol. The summed E-state index contributed by atoms with van der Waals surface area (Å²) in [4.78, 5) is 23.2. The van der Waals surface area contributed by atoms with Gasteiger partial charge in [0.1, 0.15) is 0 Å². The van der Waals surface area contributed by atoms with Crippen LogP contribution in [0.5, 0.6) is 0 Å². The van der Waals surface area contributed by atoms with E-state index in [0.717, 1.165) is 4.88 Å². The van der Waals surface area contributed by atoms with Gasteiger partial charge in [0.25, 0.3) is 0 Å². The Morgan fingerprint density at radius 1 is 1.04 bits per heavy atom. The van der Waals surface area contributed by atoms with Crippen LogP contribution in [0.1, 0.15) is 10.8 Å². The van der Waals surface area contributed by atoms with E-state index in [4.69, 9.17) is 0 Å². The number of alkyl halides is 3. The number of aromatic nitrogens is 6. The number of halogens is 3. The molecule has 0 saturated heterocycles. The number of hydrogen-bond acceptors (Lipinski definition) is 9. The van der Waals surface area contributed by atoms with Gasteiger partial charge in [-0.3, -0.25) is 9.88 Å². The van der Waals surface area contributed by atoms with Crippen LogP contribution in [0.25, 0.3) is 10.7 Å². The SMILES string of the molecule is FC(F)(F)c1nc(-c2ccc(CN(c3cnccn3)c3ncccn3)s2)no1. The topological polar surface area (TPSA) is 93.7 Å². The summed E-state index contributed by atoms with van der Waals surface area (Å²) in [6.45, 7) is 0.331. The Morgan fingerprint density at radius 2 is 1.86 bits per heavy atom. The summed E-state index contributed by atoms with van der Waals surface area (Å²) in [6.07, 6.45) is 3.18. The largest absolute Gasteiger partial charge is 0.471 e. The van der Waals surface area contributed by atoms with Crippen molar-refractivity contribution < 1.29 is 17.7 Å². The molecule has 0 atom stereocenters. The van der Waals surface area contributed by atoms with Gasteiger partial charge in [0.05, 0.1) is 17.6 Å². The van der Waals surface area contributed by atoms with Crippen molar-refractivity contribution >= 4 is 23.1 Å². The third-order valence-corrected chi connectivity index (χ3v) is 4.55. The Balaban J connectivity index is 1.61. The highest BCUT2D eigenvalue weighted by Crippen LogP contribution is 2.33. The van der Waals surface area contributed by atoms with Crippen LogP contribution < -0.4 is 4.90 Å². The van der Waals surface area contributed by atoms with Gasteiger partial charge in [0, 0.05) is 29.7 Å². The van der Waals surface area contributed by atoms with Crippen molar-refractivity contribution in [3.63, 3.8) is 0 Å². The summed E-state index contributed by atoms with van der Waals surface area (Å²) in [7, 11) is 0. The highest BCUT2D eigenvalue weighted by molar-refractivity contribution is 7.15. The molecule has 0 aromatic carbocycles. The van der Waals surface area contributed by atoms with Gasteiger partial charge in [-0.05, 0) is 18.2 Å². The summed E-state index contributed by atoms with van der Waals surface area (Å²) in [6, 6.07) is 5.08. The Labute approximate surface area is 159 Å². The first-order valence-electron chi connectivity index (χ1n) is 7.81. The van der Waals surface area contributed by atoms with Gasteiger partial charge >= 0.3 is 12.1 Å². The van der Waals surface area contributed by atoms with Crippen LogP contribution in [-0.2, 0) is 12.7 Å². The summed E-state index contributed by atoms with van der Waals surface area (Å²) in [5, 5.41) is 3.41. The maximum Gasteiger partial charge on any atom is 0.471 e. The van der Waals surface area contributed by atoms with E-state index in [2.05, 4.69) is 34.6 Å². The normalized spacial score (nSPS) is 11.5. The fourth-order valence-corrected chi connectivity index (χ4v) is 3.22. The lowest BCUT2D eigenvalue weighted by Gasteiger charge is -2.20. The van der Waals surface area contributed by atoms with Crippen molar-refractivity contribution in [2.45, 2.75) is 12.7 Å². The molecule has 0 aliphatic rings. The minimum absolute atomic E-state index is 0.120. The first-order chi connectivity index (χ1) is 13.5. The third kappa shape index (κ3) is 3.81. The molecule has 12 heteroatoms. The summed E-state index contributed by atoms with van der Waals surface area (Å²) in [5.74, 6) is -0.554. The van der Waals surface area contributed by atoms with Gasteiger partial charge in [-0.1, -0.05) is 5.16 Å². The third-order valence-electron chi connectivity index (χ3n) is 3.48. The lowest BCUT2D eigenvalue weighted by molar-refractivity contribution is -0.159. The average Bonchev–Trinajstić information content (AvgIpc) is 3.37. The Kier molecular flexibility index (Phi) is 4.69. The van der Waals surface area contributed by atoms with Crippen LogP contribution in [0.2, 0.25) is 0 Å². The molecule has 4 aromatic rings. The quantitative estimate of drug-likeness (QED) is 0.496. The summed E-state index contributed by atoms with van der Waals surface area (Å²) < 4.78 is 42.2. The molecule has 0 amide bonds. The van der Waals surface area contributed by atoms with Crippen molar-refractivity contribution in [3.8, 4) is 10.7 Å². The predicted molar refractivity (Wildman–Crippen MR) is 92.5 cm³/mol. The predicted octanol–water partition coefficient (Wildman–Crippen LogP) is 3.74. The molecular formula is C16H10F3N7OS. The zero-order valence-corrected chi connectivity index (χ0v) is 14.7. The molecule has 142 valence electrons. The minimum Gasteiger partial charge on any atom is -0.329 e. The molecule has 0 fully saturated rings. The van der Waals surface area contributed by atoms with E-state index in [9.17, 15) is 13.2 Å². The van der Waals surface area contributed by atoms with Crippen LogP contribution in [0.15, 0.2) is 53.7 Å².